The minimum atomic E-state index is 1.10. The molecule has 62 heavy (non-hydrogen) atoms. The molecule has 11 aromatic rings. The van der Waals surface area contributed by atoms with Crippen molar-refractivity contribution in [1.29, 1.82) is 0 Å². The first-order valence-electron chi connectivity index (χ1n) is 21.3. The molecule has 10 aromatic carbocycles. The largest absolute Gasteiger partial charge is 0.311 e. The topological polar surface area (TPSA) is 8.17 Å². The number of nitrogens with zero attached hydrogens (tertiary/aromatic N) is 2. The molecule has 2 heteroatoms. The molecule has 2 nitrogen and oxygen atoms in total. The van der Waals surface area contributed by atoms with Crippen LogP contribution in [0.5, 0.6) is 0 Å². The van der Waals surface area contributed by atoms with Gasteiger partial charge in [-0.05, 0) is 105 Å². The molecule has 0 unspecified atom stereocenters. The highest BCUT2D eigenvalue weighted by molar-refractivity contribution is 6.09. The maximum absolute atomic E-state index is 2.41. The third kappa shape index (κ3) is 6.94. The Morgan fingerprint density at radius 2 is 0.516 bits per heavy atom. The van der Waals surface area contributed by atoms with Crippen LogP contribution in [0, 0.1) is 0 Å². The van der Waals surface area contributed by atoms with E-state index in [1.807, 2.05) is 0 Å². The van der Waals surface area contributed by atoms with Gasteiger partial charge in [0.2, 0.25) is 0 Å². The van der Waals surface area contributed by atoms with Crippen LogP contribution < -0.4 is 4.90 Å². The van der Waals surface area contributed by atoms with E-state index in [1.165, 1.54) is 83.1 Å². The van der Waals surface area contributed by atoms with E-state index in [0.717, 1.165) is 17.1 Å². The SMILES string of the molecule is c1ccc(-c2ccc(-c3ccc(N(c4ccc(-c5ccccc5)cc4)c4ccc(-c5ccc(-c6ccccc6-n6c7ccccc7c7ccccc76)cc5)cc4)cc3)cc2)cc1. The van der Waals surface area contributed by atoms with E-state index in [9.17, 15) is 0 Å². The fourth-order valence-electron chi connectivity index (χ4n) is 8.91. The maximum atomic E-state index is 2.41. The number of hydrogen-bond acceptors (Lipinski definition) is 1. The Labute approximate surface area is 362 Å². The zero-order valence-electron chi connectivity index (χ0n) is 34.1. The average Bonchev–Trinajstić information content (AvgIpc) is 3.70. The molecule has 0 atom stereocenters. The molecule has 0 saturated carbocycles. The van der Waals surface area contributed by atoms with Gasteiger partial charge < -0.3 is 9.47 Å². The van der Waals surface area contributed by atoms with Crippen molar-refractivity contribution in [2.24, 2.45) is 0 Å². The number of anilines is 3. The van der Waals surface area contributed by atoms with Crippen molar-refractivity contribution in [1.82, 2.24) is 4.57 Å². The summed E-state index contributed by atoms with van der Waals surface area (Å²) in [4.78, 5) is 2.34. The van der Waals surface area contributed by atoms with Crippen LogP contribution in [0.2, 0.25) is 0 Å². The van der Waals surface area contributed by atoms with Gasteiger partial charge in [0.15, 0.2) is 0 Å². The van der Waals surface area contributed by atoms with Crippen molar-refractivity contribution in [2.45, 2.75) is 0 Å². The van der Waals surface area contributed by atoms with Gasteiger partial charge >= 0.3 is 0 Å². The van der Waals surface area contributed by atoms with Crippen molar-refractivity contribution in [3.63, 3.8) is 0 Å². The van der Waals surface area contributed by atoms with Gasteiger partial charge in [-0.15, -0.1) is 0 Å². The van der Waals surface area contributed by atoms with Crippen molar-refractivity contribution < 1.29 is 0 Å². The number of fused-ring (bicyclic) bond motifs is 3. The first-order chi connectivity index (χ1) is 30.7. The van der Waals surface area contributed by atoms with Gasteiger partial charge in [0.25, 0.3) is 0 Å². The normalized spacial score (nSPS) is 11.2. The summed E-state index contributed by atoms with van der Waals surface area (Å²) in [6, 6.07) is 91.9. The molecule has 0 spiro atoms. The number of rotatable bonds is 9. The Morgan fingerprint density at radius 3 is 0.919 bits per heavy atom. The van der Waals surface area contributed by atoms with Crippen LogP contribution in [0.3, 0.4) is 0 Å². The van der Waals surface area contributed by atoms with E-state index in [2.05, 4.69) is 264 Å². The van der Waals surface area contributed by atoms with Crippen LogP contribution in [0.25, 0.3) is 83.1 Å². The third-order valence-corrected chi connectivity index (χ3v) is 12.1. The standard InChI is InChI=1S/C60H42N2/c1-3-13-43(14-4-1)45-23-25-46(26-24-45)49-33-39-53(40-34-49)61(52-37-31-48(32-38-52)44-15-5-2-6-16-44)54-41-35-50(36-42-54)47-27-29-51(30-28-47)55-17-7-10-20-58(55)62-59-21-11-8-18-56(59)57-19-9-12-22-60(57)62/h1-42H. The maximum Gasteiger partial charge on any atom is 0.0541 e. The molecule has 0 amide bonds. The molecule has 0 fully saturated rings. The lowest BCUT2D eigenvalue weighted by Crippen LogP contribution is -2.09. The second-order valence-corrected chi connectivity index (χ2v) is 15.7. The first kappa shape index (κ1) is 36.8. The summed E-state index contributed by atoms with van der Waals surface area (Å²) in [5.74, 6) is 0. The minimum Gasteiger partial charge on any atom is -0.311 e. The molecule has 0 aliphatic rings. The van der Waals surface area contributed by atoms with E-state index in [4.69, 9.17) is 0 Å². The zero-order valence-corrected chi connectivity index (χ0v) is 34.1. The van der Waals surface area contributed by atoms with Gasteiger partial charge in [-0.3, -0.25) is 0 Å². The minimum absolute atomic E-state index is 1.10. The third-order valence-electron chi connectivity index (χ3n) is 12.1. The lowest BCUT2D eigenvalue weighted by atomic mass is 9.98. The fraction of sp³-hybridized carbons (Fsp3) is 0. The average molecular weight is 791 g/mol. The van der Waals surface area contributed by atoms with Gasteiger partial charge in [-0.25, -0.2) is 0 Å². The van der Waals surface area contributed by atoms with Crippen molar-refractivity contribution in [2.75, 3.05) is 4.90 Å². The lowest BCUT2D eigenvalue weighted by Gasteiger charge is -2.26. The van der Waals surface area contributed by atoms with Crippen LogP contribution >= 0.6 is 0 Å². The van der Waals surface area contributed by atoms with E-state index >= 15 is 0 Å². The van der Waals surface area contributed by atoms with Gasteiger partial charge in [-0.1, -0.05) is 200 Å². The molecular formula is C60H42N2. The van der Waals surface area contributed by atoms with Crippen molar-refractivity contribution >= 4 is 38.9 Å². The monoisotopic (exact) mass is 790 g/mol. The Kier molecular flexibility index (Phi) is 9.57. The van der Waals surface area contributed by atoms with Gasteiger partial charge in [0.05, 0.1) is 16.7 Å². The highest BCUT2D eigenvalue weighted by Gasteiger charge is 2.17. The summed E-state index contributed by atoms with van der Waals surface area (Å²) in [6.07, 6.45) is 0. The summed E-state index contributed by atoms with van der Waals surface area (Å²) in [6.45, 7) is 0. The molecule has 0 bridgehead atoms. The quantitative estimate of drug-likeness (QED) is 0.141. The van der Waals surface area contributed by atoms with Crippen LogP contribution in [0.1, 0.15) is 0 Å². The van der Waals surface area contributed by atoms with E-state index in [1.54, 1.807) is 0 Å². The van der Waals surface area contributed by atoms with Gasteiger partial charge in [0.1, 0.15) is 0 Å². The summed E-state index contributed by atoms with van der Waals surface area (Å²) in [5, 5.41) is 2.53. The predicted octanol–water partition coefficient (Wildman–Crippen LogP) is 16.6. The van der Waals surface area contributed by atoms with E-state index in [-0.39, 0.29) is 0 Å². The fourth-order valence-corrected chi connectivity index (χ4v) is 8.91. The van der Waals surface area contributed by atoms with Crippen molar-refractivity contribution in [3.05, 3.63) is 255 Å². The van der Waals surface area contributed by atoms with Gasteiger partial charge in [0, 0.05) is 33.4 Å². The number of hydrogen-bond donors (Lipinski definition) is 0. The molecule has 292 valence electrons. The van der Waals surface area contributed by atoms with Crippen LogP contribution in [0.4, 0.5) is 17.1 Å². The summed E-state index contributed by atoms with van der Waals surface area (Å²) < 4.78 is 2.41. The van der Waals surface area contributed by atoms with Crippen LogP contribution in [0.15, 0.2) is 255 Å². The van der Waals surface area contributed by atoms with E-state index in [0.29, 0.717) is 0 Å². The molecular weight excluding hydrogens is 749 g/mol. The summed E-state index contributed by atoms with van der Waals surface area (Å²) >= 11 is 0. The predicted molar refractivity (Wildman–Crippen MR) is 263 cm³/mol. The Hall–Kier alpha value is -8.20. The molecule has 1 heterocycles. The van der Waals surface area contributed by atoms with Gasteiger partial charge in [-0.2, -0.15) is 0 Å². The van der Waals surface area contributed by atoms with E-state index < -0.39 is 0 Å². The second-order valence-electron chi connectivity index (χ2n) is 15.7. The highest BCUT2D eigenvalue weighted by atomic mass is 15.1. The summed E-state index contributed by atoms with van der Waals surface area (Å²) in [5.41, 5.74) is 18.8. The number of aromatic nitrogens is 1. The lowest BCUT2D eigenvalue weighted by molar-refractivity contribution is 1.18. The molecule has 1 aromatic heterocycles. The molecule has 0 aliphatic carbocycles. The molecule has 0 radical (unpaired) electrons. The first-order valence-corrected chi connectivity index (χ1v) is 21.3. The highest BCUT2D eigenvalue weighted by Crippen LogP contribution is 2.40. The number of benzene rings is 10. The molecule has 0 aliphatic heterocycles. The molecule has 11 rings (SSSR count). The van der Waals surface area contributed by atoms with Crippen molar-refractivity contribution in [3.8, 4) is 61.3 Å². The Balaban J connectivity index is 0.905. The Morgan fingerprint density at radius 1 is 0.226 bits per heavy atom. The van der Waals surface area contributed by atoms with Crippen LogP contribution in [-0.4, -0.2) is 4.57 Å². The Bertz CT molecular complexity index is 3220. The smallest absolute Gasteiger partial charge is 0.0541 e. The van der Waals surface area contributed by atoms with Crippen LogP contribution in [-0.2, 0) is 0 Å². The zero-order chi connectivity index (χ0) is 41.2. The second kappa shape index (κ2) is 16.1. The molecule has 0 saturated heterocycles. The summed E-state index contributed by atoms with van der Waals surface area (Å²) in [7, 11) is 0. The number of para-hydroxylation sites is 3. The molecule has 0 N–H and O–H groups in total.